The van der Waals surface area contributed by atoms with E-state index in [1.807, 2.05) is 0 Å². The number of hydrogen-bond donors (Lipinski definition) is 2. The molecule has 2 aromatic rings. The maximum absolute atomic E-state index is 11.6. The van der Waals surface area contributed by atoms with E-state index in [0.717, 1.165) is 51.4 Å². The minimum absolute atomic E-state index is 0.440. The topological polar surface area (TPSA) is 78.7 Å². The van der Waals surface area contributed by atoms with Crippen molar-refractivity contribution in [2.75, 3.05) is 39.0 Å². The van der Waals surface area contributed by atoms with Gasteiger partial charge in [0, 0.05) is 51.0 Å². The van der Waals surface area contributed by atoms with Crippen molar-refractivity contribution in [1.82, 2.24) is 19.5 Å². The van der Waals surface area contributed by atoms with E-state index in [9.17, 15) is 8.42 Å². The average molecular weight is 420 g/mol. The first kappa shape index (κ1) is 21.6. The Balaban J connectivity index is 1.43. The molecule has 1 aliphatic rings. The number of sulfonamides is 1. The average Bonchev–Trinajstić information content (AvgIpc) is 3.12. The SMILES string of the molecule is CCNC(=NCC1CCN(S(C)(=O)=O)CC1)NCCCn1ccc2ccccc21. The highest BCUT2D eigenvalue weighted by Gasteiger charge is 2.24. The molecule has 7 nitrogen and oxygen atoms in total. The van der Waals surface area contributed by atoms with Crippen LogP contribution in [0.3, 0.4) is 0 Å². The molecule has 1 saturated heterocycles. The first-order valence-electron chi connectivity index (χ1n) is 10.5. The molecule has 29 heavy (non-hydrogen) atoms. The minimum atomic E-state index is -3.07. The lowest BCUT2D eigenvalue weighted by Crippen LogP contribution is -2.40. The van der Waals surface area contributed by atoms with Crippen molar-refractivity contribution in [2.24, 2.45) is 10.9 Å². The molecule has 0 radical (unpaired) electrons. The van der Waals surface area contributed by atoms with E-state index in [0.29, 0.717) is 19.0 Å². The second kappa shape index (κ2) is 10.1. The van der Waals surface area contributed by atoms with E-state index >= 15 is 0 Å². The molecule has 1 fully saturated rings. The molecule has 8 heteroatoms. The number of hydrogen-bond acceptors (Lipinski definition) is 3. The largest absolute Gasteiger partial charge is 0.357 e. The van der Waals surface area contributed by atoms with Gasteiger partial charge in [0.25, 0.3) is 0 Å². The molecule has 0 aliphatic carbocycles. The van der Waals surface area contributed by atoms with E-state index in [1.165, 1.54) is 17.2 Å². The first-order valence-corrected chi connectivity index (χ1v) is 12.3. The van der Waals surface area contributed by atoms with Crippen LogP contribution >= 0.6 is 0 Å². The van der Waals surface area contributed by atoms with Gasteiger partial charge < -0.3 is 15.2 Å². The van der Waals surface area contributed by atoms with Crippen LogP contribution in [0.15, 0.2) is 41.5 Å². The molecule has 2 heterocycles. The van der Waals surface area contributed by atoms with Gasteiger partial charge in [-0.3, -0.25) is 4.99 Å². The molecule has 0 spiro atoms. The minimum Gasteiger partial charge on any atom is -0.357 e. The zero-order chi connectivity index (χ0) is 20.7. The number of aromatic nitrogens is 1. The maximum atomic E-state index is 11.6. The molecule has 1 aromatic carbocycles. The number of piperidine rings is 1. The van der Waals surface area contributed by atoms with Gasteiger partial charge in [-0.25, -0.2) is 12.7 Å². The van der Waals surface area contributed by atoms with Crippen molar-refractivity contribution in [3.63, 3.8) is 0 Å². The Morgan fingerprint density at radius 3 is 2.66 bits per heavy atom. The van der Waals surface area contributed by atoms with Gasteiger partial charge >= 0.3 is 0 Å². The lowest BCUT2D eigenvalue weighted by molar-refractivity contribution is 0.280. The van der Waals surface area contributed by atoms with E-state index in [2.05, 4.69) is 58.7 Å². The normalized spacial score (nSPS) is 17.0. The summed E-state index contributed by atoms with van der Waals surface area (Å²) in [6.45, 7) is 6.64. The maximum Gasteiger partial charge on any atom is 0.211 e. The van der Waals surface area contributed by atoms with Crippen LogP contribution in [0.25, 0.3) is 10.9 Å². The summed E-state index contributed by atoms with van der Waals surface area (Å²) in [5, 5.41) is 8.00. The van der Waals surface area contributed by atoms with Crippen LogP contribution in [0.5, 0.6) is 0 Å². The molecule has 0 unspecified atom stereocenters. The number of guanidine groups is 1. The quantitative estimate of drug-likeness (QED) is 0.391. The van der Waals surface area contributed by atoms with Gasteiger partial charge in [-0.05, 0) is 49.6 Å². The number of para-hydroxylation sites is 1. The van der Waals surface area contributed by atoms with Crippen LogP contribution in [-0.2, 0) is 16.6 Å². The van der Waals surface area contributed by atoms with E-state index in [4.69, 9.17) is 4.99 Å². The number of nitrogens with zero attached hydrogens (tertiary/aromatic N) is 3. The molecule has 0 bridgehead atoms. The van der Waals surface area contributed by atoms with E-state index < -0.39 is 10.0 Å². The second-order valence-electron chi connectivity index (χ2n) is 7.67. The number of aliphatic imine (C=N–C) groups is 1. The molecular weight excluding hydrogens is 386 g/mol. The summed E-state index contributed by atoms with van der Waals surface area (Å²) in [5.74, 6) is 1.28. The summed E-state index contributed by atoms with van der Waals surface area (Å²) in [6.07, 6.45) is 6.19. The molecule has 0 amide bonds. The van der Waals surface area contributed by atoms with Gasteiger partial charge in [-0.1, -0.05) is 18.2 Å². The monoisotopic (exact) mass is 419 g/mol. The third kappa shape index (κ3) is 6.21. The lowest BCUT2D eigenvalue weighted by atomic mass is 9.98. The van der Waals surface area contributed by atoms with Crippen LogP contribution in [0.4, 0.5) is 0 Å². The van der Waals surface area contributed by atoms with Gasteiger partial charge in [0.05, 0.1) is 6.26 Å². The Morgan fingerprint density at radius 2 is 1.93 bits per heavy atom. The Hall–Kier alpha value is -2.06. The Kier molecular flexibility index (Phi) is 7.55. The van der Waals surface area contributed by atoms with Crippen molar-refractivity contribution in [2.45, 2.75) is 32.7 Å². The fraction of sp³-hybridized carbons (Fsp3) is 0.571. The molecule has 0 atom stereocenters. The van der Waals surface area contributed by atoms with Crippen LogP contribution in [-0.4, -0.2) is 62.2 Å². The fourth-order valence-corrected chi connectivity index (χ4v) is 4.65. The van der Waals surface area contributed by atoms with Crippen LogP contribution in [0, 0.1) is 5.92 Å². The highest BCUT2D eigenvalue weighted by Crippen LogP contribution is 2.19. The second-order valence-corrected chi connectivity index (χ2v) is 9.66. The summed E-state index contributed by atoms with van der Waals surface area (Å²) >= 11 is 0. The number of fused-ring (bicyclic) bond motifs is 1. The highest BCUT2D eigenvalue weighted by atomic mass is 32.2. The molecule has 0 saturated carbocycles. The van der Waals surface area contributed by atoms with Gasteiger partial charge in [0.1, 0.15) is 0 Å². The Morgan fingerprint density at radius 1 is 1.17 bits per heavy atom. The number of benzene rings is 1. The zero-order valence-electron chi connectivity index (χ0n) is 17.5. The third-order valence-corrected chi connectivity index (χ3v) is 6.75. The predicted molar refractivity (Wildman–Crippen MR) is 120 cm³/mol. The van der Waals surface area contributed by atoms with Gasteiger partial charge in [-0.2, -0.15) is 0 Å². The summed E-state index contributed by atoms with van der Waals surface area (Å²) in [4.78, 5) is 4.73. The van der Waals surface area contributed by atoms with Crippen LogP contribution in [0.2, 0.25) is 0 Å². The summed E-state index contributed by atoms with van der Waals surface area (Å²) in [5.41, 5.74) is 1.27. The lowest BCUT2D eigenvalue weighted by Gasteiger charge is -2.29. The van der Waals surface area contributed by atoms with Crippen LogP contribution in [0.1, 0.15) is 26.2 Å². The molecule has 160 valence electrons. The summed E-state index contributed by atoms with van der Waals surface area (Å²) < 4.78 is 27.1. The molecule has 3 rings (SSSR count). The molecule has 2 N–H and O–H groups in total. The van der Waals surface area contributed by atoms with Crippen molar-refractivity contribution in [1.29, 1.82) is 0 Å². The standard InChI is InChI=1S/C21H33N5O2S/c1-3-22-21(24-17-18-9-15-26(16-10-18)29(2,27)28)23-12-6-13-25-14-11-19-7-4-5-8-20(19)25/h4-5,7-8,11,14,18H,3,6,9-10,12-13,15-17H2,1-2H3,(H2,22,23,24). The number of nitrogens with one attached hydrogen (secondary N) is 2. The van der Waals surface area contributed by atoms with Crippen molar-refractivity contribution in [3.8, 4) is 0 Å². The highest BCUT2D eigenvalue weighted by molar-refractivity contribution is 7.88. The molecule has 1 aliphatic heterocycles. The molecular formula is C21H33N5O2S. The summed E-state index contributed by atoms with van der Waals surface area (Å²) in [6, 6.07) is 10.6. The zero-order valence-corrected chi connectivity index (χ0v) is 18.3. The van der Waals surface area contributed by atoms with E-state index in [-0.39, 0.29) is 0 Å². The number of aryl methyl sites for hydroxylation is 1. The van der Waals surface area contributed by atoms with Gasteiger partial charge in [-0.15, -0.1) is 0 Å². The number of rotatable bonds is 8. The van der Waals surface area contributed by atoms with Crippen molar-refractivity contribution >= 4 is 26.9 Å². The van der Waals surface area contributed by atoms with E-state index in [1.54, 1.807) is 4.31 Å². The fourth-order valence-electron chi connectivity index (χ4n) is 3.78. The van der Waals surface area contributed by atoms with Crippen LogP contribution < -0.4 is 10.6 Å². The molecule has 1 aromatic heterocycles. The van der Waals surface area contributed by atoms with Gasteiger partial charge in [0.15, 0.2) is 5.96 Å². The Bertz CT molecular complexity index is 914. The van der Waals surface area contributed by atoms with Gasteiger partial charge in [0.2, 0.25) is 10.0 Å². The Labute approximate surface area is 174 Å². The first-order chi connectivity index (χ1) is 14.0. The van der Waals surface area contributed by atoms with Crippen molar-refractivity contribution < 1.29 is 8.42 Å². The smallest absolute Gasteiger partial charge is 0.211 e. The summed E-state index contributed by atoms with van der Waals surface area (Å²) in [7, 11) is -3.07. The van der Waals surface area contributed by atoms with Crippen molar-refractivity contribution in [3.05, 3.63) is 36.5 Å². The third-order valence-electron chi connectivity index (χ3n) is 5.44. The predicted octanol–water partition coefficient (Wildman–Crippen LogP) is 2.26.